The number of hydrogen-bond donors (Lipinski definition) is 2. The minimum absolute atomic E-state index is 0.0626. The van der Waals surface area contributed by atoms with Gasteiger partial charge in [0.1, 0.15) is 5.69 Å². The topological polar surface area (TPSA) is 71.3 Å². The molecule has 5 nitrogen and oxygen atoms in total. The second kappa shape index (κ2) is 6.31. The van der Waals surface area contributed by atoms with E-state index in [1.165, 1.54) is 0 Å². The molecule has 1 aliphatic carbocycles. The zero-order valence-corrected chi connectivity index (χ0v) is 12.2. The Hall–Kier alpha value is -1.49. The van der Waals surface area contributed by atoms with Gasteiger partial charge in [0, 0.05) is 18.8 Å². The standard InChI is InChI=1S/C14H19ClN2O3/c1-2-5-17-8-10(15)7-12(17)13(18)16-11-4-3-9(6-11)14(19)20/h7-9,11H,2-6H2,1H3,(H,16,18)(H,19,20)/t9-,11+/m1/s1. The highest BCUT2D eigenvalue weighted by Gasteiger charge is 2.31. The van der Waals surface area contributed by atoms with Crippen LogP contribution in [0.1, 0.15) is 43.1 Å². The van der Waals surface area contributed by atoms with Crippen molar-refractivity contribution in [1.29, 1.82) is 0 Å². The highest BCUT2D eigenvalue weighted by atomic mass is 35.5. The van der Waals surface area contributed by atoms with E-state index >= 15 is 0 Å². The minimum Gasteiger partial charge on any atom is -0.481 e. The van der Waals surface area contributed by atoms with Crippen LogP contribution in [0.2, 0.25) is 5.02 Å². The maximum Gasteiger partial charge on any atom is 0.306 e. The minimum atomic E-state index is -0.779. The van der Waals surface area contributed by atoms with Gasteiger partial charge in [0.05, 0.1) is 10.9 Å². The molecule has 2 atom stereocenters. The van der Waals surface area contributed by atoms with Crippen molar-refractivity contribution in [2.24, 2.45) is 5.92 Å². The summed E-state index contributed by atoms with van der Waals surface area (Å²) in [5.74, 6) is -1.30. The number of carbonyl (C=O) groups is 2. The molecule has 2 N–H and O–H groups in total. The molecule has 1 aromatic heterocycles. The Balaban J connectivity index is 2.00. The Morgan fingerprint density at radius 1 is 1.50 bits per heavy atom. The van der Waals surface area contributed by atoms with Crippen molar-refractivity contribution >= 4 is 23.5 Å². The summed E-state index contributed by atoms with van der Waals surface area (Å²) >= 11 is 5.95. The van der Waals surface area contributed by atoms with Gasteiger partial charge in [0.2, 0.25) is 0 Å². The second-order valence-electron chi connectivity index (χ2n) is 5.26. The molecule has 0 aromatic carbocycles. The molecule has 0 radical (unpaired) electrons. The second-order valence-corrected chi connectivity index (χ2v) is 5.69. The van der Waals surface area contributed by atoms with Crippen LogP contribution in [0.3, 0.4) is 0 Å². The number of carboxylic acids is 1. The Bertz CT molecular complexity index is 513. The first-order chi connectivity index (χ1) is 9.51. The quantitative estimate of drug-likeness (QED) is 0.877. The molecule has 1 aromatic rings. The van der Waals surface area contributed by atoms with E-state index in [9.17, 15) is 9.59 Å². The van der Waals surface area contributed by atoms with Crippen molar-refractivity contribution in [3.05, 3.63) is 23.0 Å². The molecule has 0 unspecified atom stereocenters. The van der Waals surface area contributed by atoms with E-state index in [2.05, 4.69) is 5.32 Å². The first-order valence-electron chi connectivity index (χ1n) is 6.90. The van der Waals surface area contributed by atoms with E-state index < -0.39 is 5.97 Å². The predicted octanol–water partition coefficient (Wildman–Crippen LogP) is 2.53. The lowest BCUT2D eigenvalue weighted by atomic mass is 10.1. The summed E-state index contributed by atoms with van der Waals surface area (Å²) in [6, 6.07) is 1.59. The molecule has 6 heteroatoms. The van der Waals surface area contributed by atoms with Crippen LogP contribution in [0.15, 0.2) is 12.3 Å². The van der Waals surface area contributed by atoms with Crippen LogP contribution < -0.4 is 5.32 Å². The molecule has 1 amide bonds. The van der Waals surface area contributed by atoms with Crippen LogP contribution >= 0.6 is 11.6 Å². The summed E-state index contributed by atoms with van der Waals surface area (Å²) in [7, 11) is 0. The highest BCUT2D eigenvalue weighted by Crippen LogP contribution is 2.26. The molecule has 1 aliphatic rings. The summed E-state index contributed by atoms with van der Waals surface area (Å²) in [5.41, 5.74) is 0.538. The van der Waals surface area contributed by atoms with Gasteiger partial charge in [-0.3, -0.25) is 9.59 Å². The number of halogens is 1. The molecule has 110 valence electrons. The number of nitrogens with one attached hydrogen (secondary N) is 1. The van der Waals surface area contributed by atoms with Gasteiger partial charge in [0.15, 0.2) is 0 Å². The lowest BCUT2D eigenvalue weighted by Crippen LogP contribution is -2.34. The lowest BCUT2D eigenvalue weighted by molar-refractivity contribution is -0.141. The number of carboxylic acid groups (broad SMARTS) is 1. The summed E-state index contributed by atoms with van der Waals surface area (Å²) in [4.78, 5) is 23.2. The summed E-state index contributed by atoms with van der Waals surface area (Å²) < 4.78 is 1.83. The molecule has 1 fully saturated rings. The highest BCUT2D eigenvalue weighted by molar-refractivity contribution is 6.31. The zero-order valence-electron chi connectivity index (χ0n) is 11.4. The van der Waals surface area contributed by atoms with E-state index in [1.54, 1.807) is 12.3 Å². The fraction of sp³-hybridized carbons (Fsp3) is 0.571. The average molecular weight is 299 g/mol. The van der Waals surface area contributed by atoms with Crippen molar-refractivity contribution in [3.63, 3.8) is 0 Å². The molecule has 2 rings (SSSR count). The molecule has 1 saturated carbocycles. The van der Waals surface area contributed by atoms with Gasteiger partial charge in [-0.15, -0.1) is 0 Å². The van der Waals surface area contributed by atoms with Crippen LogP contribution in [-0.2, 0) is 11.3 Å². The van der Waals surface area contributed by atoms with Gasteiger partial charge >= 0.3 is 5.97 Å². The number of rotatable bonds is 5. The monoisotopic (exact) mass is 298 g/mol. The van der Waals surface area contributed by atoms with E-state index in [0.717, 1.165) is 13.0 Å². The smallest absolute Gasteiger partial charge is 0.306 e. The molecule has 20 heavy (non-hydrogen) atoms. The Morgan fingerprint density at radius 3 is 2.85 bits per heavy atom. The van der Waals surface area contributed by atoms with Crippen LogP contribution in [0.4, 0.5) is 0 Å². The van der Waals surface area contributed by atoms with E-state index in [-0.39, 0.29) is 17.9 Å². The van der Waals surface area contributed by atoms with Crippen LogP contribution in [0, 0.1) is 5.92 Å². The number of aliphatic carboxylic acids is 1. The predicted molar refractivity (Wildman–Crippen MR) is 76.0 cm³/mol. The number of aryl methyl sites for hydroxylation is 1. The molecule has 0 spiro atoms. The molecule has 1 heterocycles. The summed E-state index contributed by atoms with van der Waals surface area (Å²) in [6.45, 7) is 2.77. The van der Waals surface area contributed by atoms with Crippen LogP contribution in [-0.4, -0.2) is 27.6 Å². The van der Waals surface area contributed by atoms with Gasteiger partial charge in [0.25, 0.3) is 5.91 Å². The van der Waals surface area contributed by atoms with E-state index in [1.807, 2.05) is 11.5 Å². The fourth-order valence-electron chi connectivity index (χ4n) is 2.69. The third kappa shape index (κ3) is 3.33. The van der Waals surface area contributed by atoms with Gasteiger partial charge in [-0.1, -0.05) is 18.5 Å². The van der Waals surface area contributed by atoms with Gasteiger partial charge in [-0.05, 0) is 31.7 Å². The Kier molecular flexibility index (Phi) is 4.70. The number of amides is 1. The normalized spacial score (nSPS) is 21.9. The molecule has 0 saturated heterocycles. The number of nitrogens with zero attached hydrogens (tertiary/aromatic N) is 1. The van der Waals surface area contributed by atoms with Gasteiger partial charge in [-0.25, -0.2) is 0 Å². The number of hydrogen-bond acceptors (Lipinski definition) is 2. The first-order valence-corrected chi connectivity index (χ1v) is 7.28. The van der Waals surface area contributed by atoms with E-state index in [4.69, 9.17) is 16.7 Å². The summed E-state index contributed by atoms with van der Waals surface area (Å²) in [6.07, 6.45) is 4.50. The van der Waals surface area contributed by atoms with Crippen molar-refractivity contribution < 1.29 is 14.7 Å². The summed E-state index contributed by atoms with van der Waals surface area (Å²) in [5, 5.41) is 12.4. The largest absolute Gasteiger partial charge is 0.481 e. The molecular formula is C14H19ClN2O3. The average Bonchev–Trinajstić information content (AvgIpc) is 2.97. The third-order valence-electron chi connectivity index (χ3n) is 3.68. The van der Waals surface area contributed by atoms with Crippen molar-refractivity contribution in [2.45, 2.75) is 45.2 Å². The third-order valence-corrected chi connectivity index (χ3v) is 3.88. The van der Waals surface area contributed by atoms with Crippen LogP contribution in [0.25, 0.3) is 0 Å². The maximum atomic E-state index is 12.2. The van der Waals surface area contributed by atoms with Crippen molar-refractivity contribution in [2.75, 3.05) is 0 Å². The van der Waals surface area contributed by atoms with Crippen LogP contribution in [0.5, 0.6) is 0 Å². The van der Waals surface area contributed by atoms with Gasteiger partial charge < -0.3 is 15.0 Å². The Morgan fingerprint density at radius 2 is 2.25 bits per heavy atom. The first kappa shape index (κ1) is 14.9. The van der Waals surface area contributed by atoms with E-state index in [0.29, 0.717) is 30.0 Å². The molecule has 0 bridgehead atoms. The number of aromatic nitrogens is 1. The molecule has 0 aliphatic heterocycles. The lowest BCUT2D eigenvalue weighted by Gasteiger charge is -2.13. The van der Waals surface area contributed by atoms with Crippen molar-refractivity contribution in [1.82, 2.24) is 9.88 Å². The molecular weight excluding hydrogens is 280 g/mol. The maximum absolute atomic E-state index is 12.2. The van der Waals surface area contributed by atoms with Crippen molar-refractivity contribution in [3.8, 4) is 0 Å². The fourth-order valence-corrected chi connectivity index (χ4v) is 2.91. The van der Waals surface area contributed by atoms with Gasteiger partial charge in [-0.2, -0.15) is 0 Å². The zero-order chi connectivity index (χ0) is 14.7. The Labute approximate surface area is 122 Å². The SMILES string of the molecule is CCCn1cc(Cl)cc1C(=O)N[C@H]1CC[C@@H](C(=O)O)C1. The number of carbonyl (C=O) groups excluding carboxylic acids is 1.